The average molecular weight is 267 g/mol. The third-order valence-electron chi connectivity index (χ3n) is 3.61. The van der Waals surface area contributed by atoms with E-state index in [4.69, 9.17) is 0 Å². The first-order valence-corrected chi connectivity index (χ1v) is 8.20. The SMILES string of the molecule is CC(NC1CCCCC1)S(=O)(=O)c1ccccc1. The third kappa shape index (κ3) is 3.12. The van der Waals surface area contributed by atoms with Gasteiger partial charge in [-0.2, -0.15) is 0 Å². The Morgan fingerprint density at radius 1 is 1.11 bits per heavy atom. The fourth-order valence-corrected chi connectivity index (χ4v) is 3.82. The molecule has 2 rings (SSSR count). The van der Waals surface area contributed by atoms with Crippen molar-refractivity contribution in [3.63, 3.8) is 0 Å². The summed E-state index contributed by atoms with van der Waals surface area (Å²) >= 11 is 0. The van der Waals surface area contributed by atoms with Crippen molar-refractivity contribution in [2.75, 3.05) is 0 Å². The van der Waals surface area contributed by atoms with Crippen LogP contribution in [0.3, 0.4) is 0 Å². The fourth-order valence-electron chi connectivity index (χ4n) is 2.51. The summed E-state index contributed by atoms with van der Waals surface area (Å²) in [6.45, 7) is 1.75. The van der Waals surface area contributed by atoms with E-state index in [0.717, 1.165) is 12.8 Å². The molecule has 1 aromatic rings. The van der Waals surface area contributed by atoms with Crippen molar-refractivity contribution in [2.45, 2.75) is 55.3 Å². The van der Waals surface area contributed by atoms with Crippen molar-refractivity contribution >= 4 is 9.84 Å². The Balaban J connectivity index is 2.05. The molecule has 1 fully saturated rings. The molecule has 1 aliphatic carbocycles. The number of sulfone groups is 1. The Kier molecular flexibility index (Phi) is 4.40. The van der Waals surface area contributed by atoms with Gasteiger partial charge in [-0.25, -0.2) is 8.42 Å². The van der Waals surface area contributed by atoms with Gasteiger partial charge in [0.2, 0.25) is 0 Å². The Labute approximate surface area is 110 Å². The molecule has 0 heterocycles. The molecule has 0 bridgehead atoms. The maximum absolute atomic E-state index is 12.3. The summed E-state index contributed by atoms with van der Waals surface area (Å²) in [7, 11) is -3.25. The summed E-state index contributed by atoms with van der Waals surface area (Å²) in [5.74, 6) is 0. The smallest absolute Gasteiger partial charge is 0.193 e. The predicted molar refractivity (Wildman–Crippen MR) is 73.1 cm³/mol. The average Bonchev–Trinajstić information content (AvgIpc) is 2.41. The van der Waals surface area contributed by atoms with Gasteiger partial charge in [0.15, 0.2) is 9.84 Å². The lowest BCUT2D eigenvalue weighted by atomic mass is 9.96. The van der Waals surface area contributed by atoms with Crippen molar-refractivity contribution in [3.8, 4) is 0 Å². The van der Waals surface area contributed by atoms with Crippen LogP contribution in [0.5, 0.6) is 0 Å². The fraction of sp³-hybridized carbons (Fsp3) is 0.571. The molecule has 3 nitrogen and oxygen atoms in total. The van der Waals surface area contributed by atoms with Gasteiger partial charge in [0.05, 0.1) is 4.90 Å². The second-order valence-corrected chi connectivity index (χ2v) is 7.27. The van der Waals surface area contributed by atoms with Gasteiger partial charge in [-0.1, -0.05) is 37.5 Å². The Hall–Kier alpha value is -0.870. The molecular formula is C14H21NO2S. The summed E-state index contributed by atoms with van der Waals surface area (Å²) < 4.78 is 24.7. The van der Waals surface area contributed by atoms with Gasteiger partial charge in [-0.3, -0.25) is 5.32 Å². The lowest BCUT2D eigenvalue weighted by Crippen LogP contribution is -2.42. The van der Waals surface area contributed by atoms with Gasteiger partial charge in [0.1, 0.15) is 5.37 Å². The monoisotopic (exact) mass is 267 g/mol. The number of nitrogens with one attached hydrogen (secondary N) is 1. The predicted octanol–water partition coefficient (Wildman–Crippen LogP) is 2.73. The minimum Gasteiger partial charge on any atom is -0.298 e. The molecule has 1 atom stereocenters. The van der Waals surface area contributed by atoms with E-state index in [2.05, 4.69) is 5.32 Å². The molecule has 0 spiro atoms. The molecule has 1 aromatic carbocycles. The lowest BCUT2D eigenvalue weighted by Gasteiger charge is -2.26. The van der Waals surface area contributed by atoms with Crippen molar-refractivity contribution in [1.82, 2.24) is 5.32 Å². The third-order valence-corrected chi connectivity index (χ3v) is 5.61. The summed E-state index contributed by atoms with van der Waals surface area (Å²) in [4.78, 5) is 0.404. The van der Waals surface area contributed by atoms with Crippen LogP contribution < -0.4 is 5.32 Å². The summed E-state index contributed by atoms with van der Waals surface area (Å²) in [6, 6.07) is 9.04. The van der Waals surface area contributed by atoms with E-state index in [1.165, 1.54) is 19.3 Å². The van der Waals surface area contributed by atoms with Crippen molar-refractivity contribution in [3.05, 3.63) is 30.3 Å². The first-order chi connectivity index (χ1) is 8.60. The molecule has 1 N–H and O–H groups in total. The topological polar surface area (TPSA) is 46.2 Å². The zero-order chi connectivity index (χ0) is 13.0. The van der Waals surface area contributed by atoms with Crippen LogP contribution in [0.15, 0.2) is 35.2 Å². The first-order valence-electron chi connectivity index (χ1n) is 6.66. The second kappa shape index (κ2) is 5.85. The van der Waals surface area contributed by atoms with E-state index in [-0.39, 0.29) is 0 Å². The van der Waals surface area contributed by atoms with E-state index in [9.17, 15) is 8.42 Å². The molecule has 1 aliphatic rings. The summed E-state index contributed by atoms with van der Waals surface area (Å²) in [5.41, 5.74) is 0. The minimum atomic E-state index is -3.25. The zero-order valence-corrected chi connectivity index (χ0v) is 11.6. The standard InChI is InChI=1S/C14H21NO2S/c1-12(15-13-8-4-2-5-9-13)18(16,17)14-10-6-3-7-11-14/h3,6-7,10-13,15H,2,4-5,8-9H2,1H3. The molecule has 0 radical (unpaired) electrons. The van der Waals surface area contributed by atoms with E-state index in [1.54, 1.807) is 31.2 Å². The molecule has 0 aliphatic heterocycles. The second-order valence-electron chi connectivity index (χ2n) is 5.00. The number of rotatable bonds is 4. The van der Waals surface area contributed by atoms with Gasteiger partial charge in [0.25, 0.3) is 0 Å². The normalized spacial score (nSPS) is 19.6. The molecule has 1 unspecified atom stereocenters. The highest BCUT2D eigenvalue weighted by Crippen LogP contribution is 2.20. The molecule has 0 aromatic heterocycles. The number of benzene rings is 1. The molecule has 0 saturated heterocycles. The zero-order valence-electron chi connectivity index (χ0n) is 10.8. The van der Waals surface area contributed by atoms with Gasteiger partial charge in [-0.05, 0) is 31.9 Å². The highest BCUT2D eigenvalue weighted by molar-refractivity contribution is 7.92. The van der Waals surface area contributed by atoms with Crippen LogP contribution in [0.25, 0.3) is 0 Å². The maximum atomic E-state index is 12.3. The van der Waals surface area contributed by atoms with Gasteiger partial charge in [0, 0.05) is 6.04 Å². The van der Waals surface area contributed by atoms with E-state index in [1.807, 2.05) is 6.07 Å². The maximum Gasteiger partial charge on any atom is 0.193 e. The van der Waals surface area contributed by atoms with Gasteiger partial charge >= 0.3 is 0 Å². The van der Waals surface area contributed by atoms with Crippen LogP contribution in [0, 0.1) is 0 Å². The quantitative estimate of drug-likeness (QED) is 0.912. The first kappa shape index (κ1) is 13.6. The van der Waals surface area contributed by atoms with Crippen LogP contribution in [0.2, 0.25) is 0 Å². The minimum absolute atomic E-state index is 0.354. The Morgan fingerprint density at radius 3 is 2.33 bits per heavy atom. The van der Waals surface area contributed by atoms with Crippen LogP contribution in [0.4, 0.5) is 0 Å². The molecule has 100 valence electrons. The summed E-state index contributed by atoms with van der Waals surface area (Å²) in [5, 5.41) is 2.76. The molecule has 1 saturated carbocycles. The van der Waals surface area contributed by atoms with Crippen molar-refractivity contribution in [1.29, 1.82) is 0 Å². The molecule has 0 amide bonds. The highest BCUT2D eigenvalue weighted by atomic mass is 32.2. The van der Waals surface area contributed by atoms with Gasteiger partial charge in [-0.15, -0.1) is 0 Å². The summed E-state index contributed by atoms with van der Waals surface area (Å²) in [6.07, 6.45) is 5.87. The van der Waals surface area contributed by atoms with Crippen molar-refractivity contribution in [2.24, 2.45) is 0 Å². The number of hydrogen-bond acceptors (Lipinski definition) is 3. The molecular weight excluding hydrogens is 246 g/mol. The van der Waals surface area contributed by atoms with E-state index in [0.29, 0.717) is 10.9 Å². The van der Waals surface area contributed by atoms with E-state index < -0.39 is 15.2 Å². The molecule has 18 heavy (non-hydrogen) atoms. The van der Waals surface area contributed by atoms with Crippen LogP contribution in [-0.2, 0) is 9.84 Å². The van der Waals surface area contributed by atoms with Crippen LogP contribution in [0.1, 0.15) is 39.0 Å². The largest absolute Gasteiger partial charge is 0.298 e. The van der Waals surface area contributed by atoms with Crippen LogP contribution >= 0.6 is 0 Å². The Bertz CT molecular complexity index is 464. The van der Waals surface area contributed by atoms with Crippen LogP contribution in [-0.4, -0.2) is 19.8 Å². The van der Waals surface area contributed by atoms with Crippen molar-refractivity contribution < 1.29 is 8.42 Å². The van der Waals surface area contributed by atoms with E-state index >= 15 is 0 Å². The molecule has 4 heteroatoms. The number of hydrogen-bond donors (Lipinski definition) is 1. The lowest BCUT2D eigenvalue weighted by molar-refractivity contribution is 0.367. The Morgan fingerprint density at radius 2 is 1.72 bits per heavy atom. The van der Waals surface area contributed by atoms with Gasteiger partial charge < -0.3 is 0 Å². The highest BCUT2D eigenvalue weighted by Gasteiger charge is 2.25.